The highest BCUT2D eigenvalue weighted by molar-refractivity contribution is 7.99. The Kier molecular flexibility index (Phi) is 3.92. The quantitative estimate of drug-likeness (QED) is 0.768. The first-order valence-electron chi connectivity index (χ1n) is 5.88. The smallest absolute Gasteiger partial charge is 0.239 e. The van der Waals surface area contributed by atoms with Crippen molar-refractivity contribution in [2.45, 2.75) is 37.8 Å². The van der Waals surface area contributed by atoms with Gasteiger partial charge in [-0.1, -0.05) is 0 Å². The molecule has 2 saturated heterocycles. The van der Waals surface area contributed by atoms with Gasteiger partial charge < -0.3 is 10.2 Å². The maximum absolute atomic E-state index is 12.1. The first-order chi connectivity index (χ1) is 7.33. The summed E-state index contributed by atoms with van der Waals surface area (Å²) in [7, 11) is 1.89. The lowest BCUT2D eigenvalue weighted by Gasteiger charge is -2.39. The first kappa shape index (κ1) is 11.3. The van der Waals surface area contributed by atoms with E-state index in [0.29, 0.717) is 11.9 Å². The van der Waals surface area contributed by atoms with E-state index in [1.54, 1.807) is 0 Å². The van der Waals surface area contributed by atoms with Crippen LogP contribution in [0, 0.1) is 0 Å². The summed E-state index contributed by atoms with van der Waals surface area (Å²) < 4.78 is 0. The molecule has 2 heterocycles. The fourth-order valence-electron chi connectivity index (χ4n) is 2.53. The predicted octanol–water partition coefficient (Wildman–Crippen LogP) is 1.09. The van der Waals surface area contributed by atoms with Gasteiger partial charge in [-0.05, 0) is 44.2 Å². The van der Waals surface area contributed by atoms with Crippen LogP contribution < -0.4 is 5.32 Å². The Morgan fingerprint density at radius 1 is 1.33 bits per heavy atom. The van der Waals surface area contributed by atoms with Gasteiger partial charge >= 0.3 is 0 Å². The number of piperidine rings is 1. The Morgan fingerprint density at radius 2 is 2.07 bits per heavy atom. The van der Waals surface area contributed by atoms with Gasteiger partial charge in [0, 0.05) is 12.6 Å². The second-order valence-corrected chi connectivity index (χ2v) is 5.58. The Balaban J connectivity index is 1.97. The van der Waals surface area contributed by atoms with Crippen LogP contribution in [0.3, 0.4) is 0 Å². The van der Waals surface area contributed by atoms with Crippen LogP contribution in [0.15, 0.2) is 0 Å². The predicted molar refractivity (Wildman–Crippen MR) is 64.1 cm³/mol. The molecule has 0 saturated carbocycles. The zero-order chi connectivity index (χ0) is 10.7. The number of rotatable bonds is 2. The number of nitrogens with zero attached hydrogens (tertiary/aromatic N) is 1. The van der Waals surface area contributed by atoms with E-state index in [4.69, 9.17) is 0 Å². The van der Waals surface area contributed by atoms with Crippen molar-refractivity contribution in [2.75, 3.05) is 25.1 Å². The molecule has 0 radical (unpaired) electrons. The van der Waals surface area contributed by atoms with Crippen molar-refractivity contribution in [3.63, 3.8) is 0 Å². The van der Waals surface area contributed by atoms with Crippen LogP contribution in [0.4, 0.5) is 0 Å². The zero-order valence-electron chi connectivity index (χ0n) is 9.37. The van der Waals surface area contributed by atoms with Crippen molar-refractivity contribution in [1.82, 2.24) is 10.2 Å². The van der Waals surface area contributed by atoms with Gasteiger partial charge in [0.05, 0.1) is 6.04 Å². The molecule has 2 rings (SSSR count). The lowest BCUT2D eigenvalue weighted by molar-refractivity contribution is -0.138. The minimum atomic E-state index is 0.0772. The summed E-state index contributed by atoms with van der Waals surface area (Å²) in [6, 6.07) is 0.600. The van der Waals surface area contributed by atoms with Crippen molar-refractivity contribution in [3.8, 4) is 0 Å². The molecule has 0 aromatic rings. The van der Waals surface area contributed by atoms with E-state index in [1.807, 2.05) is 18.8 Å². The number of likely N-dealkylation sites (N-methyl/N-ethyl adjacent to an activating group) is 1. The van der Waals surface area contributed by atoms with Crippen LogP contribution in [0.25, 0.3) is 0 Å². The fraction of sp³-hybridized carbons (Fsp3) is 0.909. The summed E-state index contributed by atoms with van der Waals surface area (Å²) >= 11 is 2.02. The van der Waals surface area contributed by atoms with Gasteiger partial charge in [-0.25, -0.2) is 0 Å². The molecule has 2 aliphatic rings. The van der Waals surface area contributed by atoms with Crippen LogP contribution in [-0.4, -0.2) is 48.0 Å². The van der Waals surface area contributed by atoms with Crippen molar-refractivity contribution in [3.05, 3.63) is 0 Å². The average Bonchev–Trinajstić information content (AvgIpc) is 2.30. The molecule has 0 spiro atoms. The van der Waals surface area contributed by atoms with Crippen molar-refractivity contribution in [2.24, 2.45) is 0 Å². The second kappa shape index (κ2) is 5.21. The maximum atomic E-state index is 12.1. The number of nitrogens with one attached hydrogen (secondary N) is 1. The Labute approximate surface area is 96.0 Å². The highest BCUT2D eigenvalue weighted by Crippen LogP contribution is 2.25. The monoisotopic (exact) mass is 228 g/mol. The number of likely N-dealkylation sites (tertiary alicyclic amines) is 1. The molecular weight excluding hydrogens is 208 g/mol. The van der Waals surface area contributed by atoms with E-state index in [2.05, 4.69) is 10.2 Å². The van der Waals surface area contributed by atoms with Crippen LogP contribution in [-0.2, 0) is 4.79 Å². The topological polar surface area (TPSA) is 32.3 Å². The van der Waals surface area contributed by atoms with Crippen LogP contribution in [0.1, 0.15) is 25.7 Å². The van der Waals surface area contributed by atoms with Gasteiger partial charge in [0.25, 0.3) is 0 Å². The molecule has 4 heteroatoms. The standard InChI is InChI=1S/C11H20N2OS/c1-12-10-3-2-6-13(11(10)14)9-4-7-15-8-5-9/h9-10,12H,2-8H2,1H3. The molecule has 0 aromatic heterocycles. The van der Waals surface area contributed by atoms with Gasteiger partial charge in [-0.15, -0.1) is 0 Å². The third kappa shape index (κ3) is 2.48. The molecule has 0 bridgehead atoms. The molecule has 1 amide bonds. The van der Waals surface area contributed by atoms with Crippen molar-refractivity contribution in [1.29, 1.82) is 0 Å². The second-order valence-electron chi connectivity index (χ2n) is 4.36. The SMILES string of the molecule is CNC1CCCN(C2CCSCC2)C1=O. The molecule has 15 heavy (non-hydrogen) atoms. The van der Waals surface area contributed by atoms with E-state index in [0.717, 1.165) is 19.4 Å². The van der Waals surface area contributed by atoms with E-state index in [1.165, 1.54) is 24.3 Å². The van der Waals surface area contributed by atoms with E-state index >= 15 is 0 Å². The van der Waals surface area contributed by atoms with Gasteiger partial charge in [-0.2, -0.15) is 11.8 Å². The number of amides is 1. The fourth-order valence-corrected chi connectivity index (χ4v) is 3.61. The number of thioether (sulfide) groups is 1. The summed E-state index contributed by atoms with van der Waals surface area (Å²) in [6.45, 7) is 0.979. The molecule has 2 aliphatic heterocycles. The summed E-state index contributed by atoms with van der Waals surface area (Å²) in [5.74, 6) is 2.78. The van der Waals surface area contributed by atoms with Gasteiger partial charge in [-0.3, -0.25) is 4.79 Å². The summed E-state index contributed by atoms with van der Waals surface area (Å²) in [6.07, 6.45) is 4.54. The molecule has 0 aliphatic carbocycles. The normalized spacial score (nSPS) is 29.5. The molecule has 1 atom stereocenters. The minimum absolute atomic E-state index is 0.0772. The highest BCUT2D eigenvalue weighted by Gasteiger charge is 2.32. The highest BCUT2D eigenvalue weighted by atomic mass is 32.2. The zero-order valence-corrected chi connectivity index (χ0v) is 10.2. The number of carbonyl (C=O) groups excluding carboxylic acids is 1. The van der Waals surface area contributed by atoms with Crippen molar-refractivity contribution < 1.29 is 4.79 Å². The van der Waals surface area contributed by atoms with Crippen LogP contribution in [0.2, 0.25) is 0 Å². The molecule has 1 unspecified atom stereocenters. The molecular formula is C11H20N2OS. The molecule has 86 valence electrons. The van der Waals surface area contributed by atoms with Crippen LogP contribution >= 0.6 is 11.8 Å². The minimum Gasteiger partial charge on any atom is -0.338 e. The number of hydrogen-bond acceptors (Lipinski definition) is 3. The summed E-state index contributed by atoms with van der Waals surface area (Å²) in [5, 5.41) is 3.13. The van der Waals surface area contributed by atoms with Crippen LogP contribution in [0.5, 0.6) is 0 Å². The Bertz CT molecular complexity index is 229. The number of hydrogen-bond donors (Lipinski definition) is 1. The van der Waals surface area contributed by atoms with Gasteiger partial charge in [0.1, 0.15) is 0 Å². The van der Waals surface area contributed by atoms with Gasteiger partial charge in [0.2, 0.25) is 5.91 Å². The number of carbonyl (C=O) groups is 1. The lowest BCUT2D eigenvalue weighted by Crippen LogP contribution is -2.54. The molecule has 3 nitrogen and oxygen atoms in total. The third-order valence-electron chi connectivity index (χ3n) is 3.45. The largest absolute Gasteiger partial charge is 0.338 e. The molecule has 0 aromatic carbocycles. The Morgan fingerprint density at radius 3 is 2.73 bits per heavy atom. The van der Waals surface area contributed by atoms with E-state index in [9.17, 15) is 4.79 Å². The molecule has 1 N–H and O–H groups in total. The lowest BCUT2D eigenvalue weighted by atomic mass is 10.0. The van der Waals surface area contributed by atoms with Crippen molar-refractivity contribution >= 4 is 17.7 Å². The van der Waals surface area contributed by atoms with Gasteiger partial charge in [0.15, 0.2) is 0 Å². The third-order valence-corrected chi connectivity index (χ3v) is 4.50. The summed E-state index contributed by atoms with van der Waals surface area (Å²) in [4.78, 5) is 14.2. The Hall–Kier alpha value is -0.220. The maximum Gasteiger partial charge on any atom is 0.239 e. The van der Waals surface area contributed by atoms with E-state index in [-0.39, 0.29) is 6.04 Å². The summed E-state index contributed by atoms with van der Waals surface area (Å²) in [5.41, 5.74) is 0. The average molecular weight is 228 g/mol. The molecule has 2 fully saturated rings. The first-order valence-corrected chi connectivity index (χ1v) is 7.04. The van der Waals surface area contributed by atoms with E-state index < -0.39 is 0 Å².